The summed E-state index contributed by atoms with van der Waals surface area (Å²) in [6.07, 6.45) is 16.3. The molecule has 2 fully saturated rings. The van der Waals surface area contributed by atoms with Gasteiger partial charge in [-0.1, -0.05) is 121 Å². The van der Waals surface area contributed by atoms with Crippen LogP contribution in [0.4, 0.5) is 0 Å². The highest BCUT2D eigenvalue weighted by atomic mass is 16.5. The Labute approximate surface area is 306 Å². The highest BCUT2D eigenvalue weighted by Crippen LogP contribution is 2.65. The topological polar surface area (TPSA) is 23.4 Å². The molecular formula is C49H43NO2. The third-order valence-electron chi connectivity index (χ3n) is 13.0. The van der Waals surface area contributed by atoms with Gasteiger partial charge in [0.05, 0.1) is 23.1 Å². The zero-order valence-electron chi connectivity index (χ0n) is 29.5. The summed E-state index contributed by atoms with van der Waals surface area (Å²) in [5.41, 5.74) is 13.2. The Morgan fingerprint density at radius 2 is 1.52 bits per heavy atom. The highest BCUT2D eigenvalue weighted by molar-refractivity contribution is 5.95. The van der Waals surface area contributed by atoms with E-state index in [0.29, 0.717) is 11.8 Å². The van der Waals surface area contributed by atoms with Gasteiger partial charge in [-0.05, 0) is 92.2 Å². The quantitative estimate of drug-likeness (QED) is 0.174. The van der Waals surface area contributed by atoms with Crippen LogP contribution in [-0.2, 0) is 16.6 Å². The molecule has 5 atom stereocenters. The van der Waals surface area contributed by atoms with E-state index >= 15 is 0 Å². The molecule has 3 heterocycles. The van der Waals surface area contributed by atoms with Gasteiger partial charge in [-0.25, -0.2) is 0 Å². The predicted molar refractivity (Wildman–Crippen MR) is 210 cm³/mol. The Kier molecular flexibility index (Phi) is 7.02. The van der Waals surface area contributed by atoms with E-state index in [4.69, 9.17) is 9.47 Å². The first-order valence-electron chi connectivity index (χ1n) is 19.5. The van der Waals surface area contributed by atoms with E-state index in [1.807, 2.05) is 0 Å². The fourth-order valence-corrected chi connectivity index (χ4v) is 11.0. The number of allylic oxidation sites excluding steroid dienone is 2. The van der Waals surface area contributed by atoms with E-state index in [1.165, 1.54) is 67.7 Å². The van der Waals surface area contributed by atoms with E-state index in [0.717, 1.165) is 56.4 Å². The van der Waals surface area contributed by atoms with Crippen LogP contribution in [0.15, 0.2) is 139 Å². The monoisotopic (exact) mass is 677 g/mol. The van der Waals surface area contributed by atoms with E-state index in [1.54, 1.807) is 0 Å². The van der Waals surface area contributed by atoms with Gasteiger partial charge in [-0.2, -0.15) is 0 Å². The Morgan fingerprint density at radius 3 is 2.42 bits per heavy atom. The molecule has 11 rings (SSSR count). The lowest BCUT2D eigenvalue weighted by Gasteiger charge is -2.58. The number of benzene rings is 5. The van der Waals surface area contributed by atoms with Crippen molar-refractivity contribution in [2.24, 2.45) is 5.92 Å². The molecule has 2 aliphatic heterocycles. The molecule has 3 nitrogen and oxygen atoms in total. The SMILES string of the molecule is C1=Cc2c(n(-c3ccccc3)c3c(C4CCC5C(C4)OC4CCCC=C4C54c5ccccc5Oc5c(-c6ccccc6)cccc54)cccc23)CC1. The van der Waals surface area contributed by atoms with Crippen molar-refractivity contribution in [3.05, 3.63) is 167 Å². The van der Waals surface area contributed by atoms with E-state index in [2.05, 4.69) is 144 Å². The molecule has 0 N–H and O–H groups in total. The molecule has 1 spiro atoms. The molecule has 1 saturated carbocycles. The van der Waals surface area contributed by atoms with Crippen molar-refractivity contribution >= 4 is 17.0 Å². The van der Waals surface area contributed by atoms with Gasteiger partial charge in [0.2, 0.25) is 0 Å². The maximum Gasteiger partial charge on any atom is 0.139 e. The first-order valence-corrected chi connectivity index (χ1v) is 19.5. The molecule has 5 aromatic carbocycles. The number of ether oxygens (including phenoxy) is 2. The van der Waals surface area contributed by atoms with Gasteiger partial charge in [-0.3, -0.25) is 0 Å². The zero-order valence-corrected chi connectivity index (χ0v) is 29.5. The maximum absolute atomic E-state index is 7.40. The molecule has 256 valence electrons. The summed E-state index contributed by atoms with van der Waals surface area (Å²) in [6, 6.07) is 44.7. The molecular weight excluding hydrogens is 635 g/mol. The molecule has 5 aliphatic rings. The fourth-order valence-electron chi connectivity index (χ4n) is 11.0. The van der Waals surface area contributed by atoms with Crippen molar-refractivity contribution < 1.29 is 9.47 Å². The third kappa shape index (κ3) is 4.35. The molecule has 6 aromatic rings. The Hall–Kier alpha value is -5.12. The normalized spacial score (nSPS) is 25.7. The number of para-hydroxylation sites is 4. The lowest BCUT2D eigenvalue weighted by Crippen LogP contribution is -2.57. The number of aromatic nitrogens is 1. The molecule has 5 unspecified atom stereocenters. The van der Waals surface area contributed by atoms with Crippen molar-refractivity contribution in [3.63, 3.8) is 0 Å². The smallest absolute Gasteiger partial charge is 0.139 e. The summed E-state index contributed by atoms with van der Waals surface area (Å²) >= 11 is 0. The van der Waals surface area contributed by atoms with Crippen LogP contribution in [0.25, 0.3) is 33.8 Å². The van der Waals surface area contributed by atoms with Gasteiger partial charge < -0.3 is 14.0 Å². The van der Waals surface area contributed by atoms with Crippen LogP contribution >= 0.6 is 0 Å². The summed E-state index contributed by atoms with van der Waals surface area (Å²) in [5, 5.41) is 1.38. The van der Waals surface area contributed by atoms with E-state index < -0.39 is 0 Å². The molecule has 0 amide bonds. The van der Waals surface area contributed by atoms with E-state index in [-0.39, 0.29) is 17.6 Å². The van der Waals surface area contributed by atoms with Gasteiger partial charge in [0, 0.05) is 44.9 Å². The average molecular weight is 678 g/mol. The number of hydrogen-bond donors (Lipinski definition) is 0. The van der Waals surface area contributed by atoms with Crippen LogP contribution in [0.1, 0.15) is 78.8 Å². The zero-order chi connectivity index (χ0) is 34.2. The van der Waals surface area contributed by atoms with Crippen molar-refractivity contribution in [1.82, 2.24) is 4.57 Å². The maximum atomic E-state index is 7.40. The minimum atomic E-state index is -0.298. The summed E-state index contributed by atoms with van der Waals surface area (Å²) in [4.78, 5) is 0. The van der Waals surface area contributed by atoms with Gasteiger partial charge >= 0.3 is 0 Å². The number of fused-ring (bicyclic) bond motifs is 11. The Morgan fingerprint density at radius 1 is 0.712 bits per heavy atom. The van der Waals surface area contributed by atoms with Crippen LogP contribution in [0.5, 0.6) is 11.5 Å². The number of hydrogen-bond acceptors (Lipinski definition) is 2. The second-order valence-corrected chi connectivity index (χ2v) is 15.5. The van der Waals surface area contributed by atoms with Crippen molar-refractivity contribution in [1.29, 1.82) is 0 Å². The number of nitrogens with zero attached hydrogens (tertiary/aromatic N) is 1. The molecule has 0 radical (unpaired) electrons. The minimum absolute atomic E-state index is 0.106. The molecule has 3 heteroatoms. The molecule has 1 saturated heterocycles. The van der Waals surface area contributed by atoms with Crippen molar-refractivity contribution in [3.8, 4) is 28.3 Å². The molecule has 52 heavy (non-hydrogen) atoms. The summed E-state index contributed by atoms with van der Waals surface area (Å²) < 4.78 is 17.0. The predicted octanol–water partition coefficient (Wildman–Crippen LogP) is 12.1. The average Bonchev–Trinajstić information content (AvgIpc) is 3.56. The Balaban J connectivity index is 1.09. The second-order valence-electron chi connectivity index (χ2n) is 15.5. The molecule has 3 aliphatic carbocycles. The van der Waals surface area contributed by atoms with Crippen LogP contribution < -0.4 is 4.74 Å². The van der Waals surface area contributed by atoms with Gasteiger partial charge in [0.1, 0.15) is 11.5 Å². The second kappa shape index (κ2) is 12.0. The fraction of sp³-hybridized carbons (Fsp3) is 0.265. The third-order valence-corrected chi connectivity index (χ3v) is 13.0. The summed E-state index contributed by atoms with van der Waals surface area (Å²) in [7, 11) is 0. The Bertz CT molecular complexity index is 2400. The van der Waals surface area contributed by atoms with Crippen LogP contribution in [0, 0.1) is 5.92 Å². The van der Waals surface area contributed by atoms with Crippen LogP contribution in [0.3, 0.4) is 0 Å². The van der Waals surface area contributed by atoms with Crippen molar-refractivity contribution in [2.75, 3.05) is 0 Å². The largest absolute Gasteiger partial charge is 0.456 e. The summed E-state index contributed by atoms with van der Waals surface area (Å²) in [6.45, 7) is 0. The lowest BCUT2D eigenvalue weighted by atomic mass is 9.52. The van der Waals surface area contributed by atoms with Gasteiger partial charge in [0.15, 0.2) is 0 Å². The van der Waals surface area contributed by atoms with Crippen LogP contribution in [0.2, 0.25) is 0 Å². The minimum Gasteiger partial charge on any atom is -0.456 e. The van der Waals surface area contributed by atoms with Gasteiger partial charge in [-0.15, -0.1) is 0 Å². The first kappa shape index (κ1) is 30.5. The van der Waals surface area contributed by atoms with Crippen LogP contribution in [-0.4, -0.2) is 16.8 Å². The molecule has 1 aromatic heterocycles. The highest BCUT2D eigenvalue weighted by Gasteiger charge is 2.59. The standard InChI is InChI=1S/C49H43NO2/c1-3-15-32(16-4-1)36-21-14-25-42-48(36)52-45-28-12-9-24-40(45)49(42)39-23-8-11-27-44(39)51-46-31-33(29-30-41(46)49)35-20-13-22-38-37-19-7-10-26-43(37)50(47(35)38)34-17-5-2-6-18-34/h1-7,9,12-25,28,33,41,44,46H,8,10-11,26-27,29-31H2. The van der Waals surface area contributed by atoms with E-state index in [9.17, 15) is 0 Å². The summed E-state index contributed by atoms with van der Waals surface area (Å²) in [5.74, 6) is 2.72. The number of rotatable bonds is 3. The van der Waals surface area contributed by atoms with Gasteiger partial charge in [0.25, 0.3) is 0 Å². The van der Waals surface area contributed by atoms with Crippen molar-refractivity contribution in [2.45, 2.75) is 74.9 Å². The molecule has 0 bridgehead atoms. The lowest BCUT2D eigenvalue weighted by molar-refractivity contribution is -0.103. The first-order chi connectivity index (χ1) is 25.8.